The lowest BCUT2D eigenvalue weighted by molar-refractivity contribution is -0.113. The highest BCUT2D eigenvalue weighted by atomic mass is 32.2. The fourth-order valence-corrected chi connectivity index (χ4v) is 5.66. The number of para-hydroxylation sites is 1. The van der Waals surface area contributed by atoms with E-state index in [2.05, 4.69) is 10.3 Å². The number of rotatable bonds is 6. The summed E-state index contributed by atoms with van der Waals surface area (Å²) in [6.45, 7) is 0. The second kappa shape index (κ2) is 8.91. The molecule has 0 unspecified atom stereocenters. The Labute approximate surface area is 193 Å². The van der Waals surface area contributed by atoms with Crippen molar-refractivity contribution in [1.29, 1.82) is 0 Å². The summed E-state index contributed by atoms with van der Waals surface area (Å²) in [5, 5.41) is 10.2. The number of benzene rings is 1. The Bertz CT molecular complexity index is 1320. The first-order valence-electron chi connectivity index (χ1n) is 10.6. The third kappa shape index (κ3) is 4.10. The van der Waals surface area contributed by atoms with Crippen molar-refractivity contribution in [3.05, 3.63) is 63.9 Å². The number of nitrogens with zero attached hydrogens (tertiary/aromatic N) is 4. The fourth-order valence-electron chi connectivity index (χ4n) is 4.08. The maximum Gasteiger partial charge on any atom is 0.271 e. The number of anilines is 1. The van der Waals surface area contributed by atoms with Crippen molar-refractivity contribution in [3.8, 4) is 5.69 Å². The molecule has 1 amide bonds. The zero-order valence-corrected chi connectivity index (χ0v) is 19.3. The summed E-state index contributed by atoms with van der Waals surface area (Å²) in [6, 6.07) is 13.7. The van der Waals surface area contributed by atoms with Gasteiger partial charge in [-0.25, -0.2) is 9.67 Å². The van der Waals surface area contributed by atoms with Gasteiger partial charge in [-0.3, -0.25) is 14.2 Å². The van der Waals surface area contributed by atoms with E-state index in [0.29, 0.717) is 27.1 Å². The van der Waals surface area contributed by atoms with Crippen LogP contribution >= 0.6 is 23.1 Å². The van der Waals surface area contributed by atoms with Gasteiger partial charge in [-0.1, -0.05) is 42.8 Å². The Morgan fingerprint density at radius 2 is 2.00 bits per heavy atom. The monoisotopic (exact) mass is 465 g/mol. The van der Waals surface area contributed by atoms with Crippen molar-refractivity contribution in [3.63, 3.8) is 0 Å². The molecule has 0 saturated heterocycles. The van der Waals surface area contributed by atoms with Crippen molar-refractivity contribution in [2.75, 3.05) is 11.1 Å². The molecule has 32 heavy (non-hydrogen) atoms. The number of thiophene rings is 1. The molecule has 5 rings (SSSR count). The molecule has 1 aliphatic carbocycles. The van der Waals surface area contributed by atoms with E-state index >= 15 is 0 Å². The quantitative estimate of drug-likeness (QED) is 0.333. The lowest BCUT2D eigenvalue weighted by atomic mass is 10.0. The summed E-state index contributed by atoms with van der Waals surface area (Å²) < 4.78 is 3.94. The van der Waals surface area contributed by atoms with Crippen molar-refractivity contribution >= 4 is 45.0 Å². The first kappa shape index (κ1) is 21.0. The summed E-state index contributed by atoms with van der Waals surface area (Å²) >= 11 is 2.64. The zero-order valence-electron chi connectivity index (χ0n) is 17.7. The lowest BCUT2D eigenvalue weighted by Gasteiger charge is -2.10. The molecule has 4 aromatic rings. The Morgan fingerprint density at radius 1 is 1.22 bits per heavy atom. The van der Waals surface area contributed by atoms with Crippen molar-refractivity contribution in [1.82, 2.24) is 19.3 Å². The van der Waals surface area contributed by atoms with Crippen LogP contribution in [0.1, 0.15) is 37.3 Å². The molecular formula is C23H23N5O2S2. The molecule has 0 spiro atoms. The molecule has 1 saturated carbocycles. The van der Waals surface area contributed by atoms with Gasteiger partial charge < -0.3 is 5.32 Å². The van der Waals surface area contributed by atoms with Crippen molar-refractivity contribution < 1.29 is 4.79 Å². The summed E-state index contributed by atoms with van der Waals surface area (Å²) in [5.41, 5.74) is 2.52. The van der Waals surface area contributed by atoms with Gasteiger partial charge in [0.15, 0.2) is 5.16 Å². The molecule has 3 heterocycles. The molecule has 1 fully saturated rings. The van der Waals surface area contributed by atoms with Gasteiger partial charge in [0.2, 0.25) is 5.91 Å². The minimum absolute atomic E-state index is 0.0868. The van der Waals surface area contributed by atoms with Gasteiger partial charge in [-0.15, -0.1) is 11.3 Å². The molecule has 3 aromatic heterocycles. The molecule has 1 aliphatic rings. The molecule has 9 heteroatoms. The summed E-state index contributed by atoms with van der Waals surface area (Å²) in [5.74, 6) is 1.10. The Balaban J connectivity index is 1.36. The second-order valence-corrected chi connectivity index (χ2v) is 9.77. The molecule has 7 nitrogen and oxygen atoms in total. The zero-order chi connectivity index (χ0) is 22.1. The van der Waals surface area contributed by atoms with E-state index in [1.807, 2.05) is 52.5 Å². The maximum absolute atomic E-state index is 12.8. The van der Waals surface area contributed by atoms with Crippen LogP contribution in [-0.2, 0) is 11.8 Å². The Kier molecular flexibility index (Phi) is 5.84. The number of nitrogens with one attached hydrogen (secondary N) is 1. The molecule has 0 aliphatic heterocycles. The lowest BCUT2D eigenvalue weighted by Crippen LogP contribution is -2.21. The topological polar surface area (TPSA) is 81.8 Å². The number of amides is 1. The van der Waals surface area contributed by atoms with Crippen LogP contribution < -0.4 is 10.9 Å². The molecule has 0 bridgehead atoms. The fraction of sp³-hybridized carbons (Fsp3) is 0.304. The van der Waals surface area contributed by atoms with Gasteiger partial charge >= 0.3 is 0 Å². The van der Waals surface area contributed by atoms with Crippen LogP contribution in [-0.4, -0.2) is 31.0 Å². The molecule has 164 valence electrons. The van der Waals surface area contributed by atoms with Crippen LogP contribution in [0, 0.1) is 0 Å². The standard InChI is InChI=1S/C23H23N5O2S2/c1-27-22(30)21-17(11-12-31-21)24-23(27)32-14-20(29)25-19-13-18(15-7-5-6-8-15)26-28(19)16-9-3-2-4-10-16/h2-4,9-13,15H,5-8,14H2,1H3,(H,25,29). The minimum atomic E-state index is -0.162. The SMILES string of the molecule is Cn1c(SCC(=O)Nc2cc(C3CCCC3)nn2-c2ccccc2)nc2ccsc2c1=O. The molecule has 0 radical (unpaired) electrons. The van der Waals surface area contributed by atoms with Crippen LogP contribution in [0.25, 0.3) is 15.9 Å². The number of hydrogen-bond acceptors (Lipinski definition) is 6. The van der Waals surface area contributed by atoms with E-state index in [9.17, 15) is 9.59 Å². The number of carbonyl (C=O) groups excluding carboxylic acids is 1. The second-order valence-electron chi connectivity index (χ2n) is 7.91. The largest absolute Gasteiger partial charge is 0.310 e. The van der Waals surface area contributed by atoms with E-state index in [0.717, 1.165) is 24.2 Å². The van der Waals surface area contributed by atoms with E-state index in [-0.39, 0.29) is 17.2 Å². The smallest absolute Gasteiger partial charge is 0.271 e. The molecule has 0 atom stereocenters. The highest BCUT2D eigenvalue weighted by Crippen LogP contribution is 2.35. The van der Waals surface area contributed by atoms with Crippen LogP contribution in [0.5, 0.6) is 0 Å². The first-order valence-corrected chi connectivity index (χ1v) is 12.5. The van der Waals surface area contributed by atoms with E-state index in [4.69, 9.17) is 5.10 Å². The number of carbonyl (C=O) groups is 1. The van der Waals surface area contributed by atoms with Gasteiger partial charge in [0.1, 0.15) is 10.5 Å². The number of hydrogen-bond donors (Lipinski definition) is 1. The van der Waals surface area contributed by atoms with Gasteiger partial charge in [0, 0.05) is 19.0 Å². The molecular weight excluding hydrogens is 442 g/mol. The van der Waals surface area contributed by atoms with E-state index < -0.39 is 0 Å². The van der Waals surface area contributed by atoms with Crippen molar-refractivity contribution in [2.24, 2.45) is 7.05 Å². The number of fused-ring (bicyclic) bond motifs is 1. The van der Waals surface area contributed by atoms with E-state index in [1.54, 1.807) is 7.05 Å². The predicted molar refractivity (Wildman–Crippen MR) is 129 cm³/mol. The minimum Gasteiger partial charge on any atom is -0.310 e. The van der Waals surface area contributed by atoms with Gasteiger partial charge in [0.05, 0.1) is 22.7 Å². The van der Waals surface area contributed by atoms with Gasteiger partial charge in [-0.2, -0.15) is 5.10 Å². The van der Waals surface area contributed by atoms with Gasteiger partial charge in [0.25, 0.3) is 5.56 Å². The summed E-state index contributed by atoms with van der Waals surface area (Å²) in [6.07, 6.45) is 4.72. The number of aromatic nitrogens is 4. The maximum atomic E-state index is 12.8. The molecule has 1 aromatic carbocycles. The third-order valence-electron chi connectivity index (χ3n) is 5.75. The normalized spacial score (nSPS) is 14.3. The average molecular weight is 466 g/mol. The summed E-state index contributed by atoms with van der Waals surface area (Å²) in [4.78, 5) is 29.8. The van der Waals surface area contributed by atoms with Crippen LogP contribution in [0.2, 0.25) is 0 Å². The third-order valence-corrected chi connectivity index (χ3v) is 7.67. The van der Waals surface area contributed by atoms with Gasteiger partial charge in [-0.05, 0) is 36.4 Å². The van der Waals surface area contributed by atoms with Crippen molar-refractivity contribution in [2.45, 2.75) is 36.8 Å². The summed E-state index contributed by atoms with van der Waals surface area (Å²) in [7, 11) is 1.69. The van der Waals surface area contributed by atoms with Crippen LogP contribution in [0.4, 0.5) is 5.82 Å². The predicted octanol–water partition coefficient (Wildman–Crippen LogP) is 4.57. The van der Waals surface area contributed by atoms with E-state index in [1.165, 1.54) is 40.5 Å². The number of thioether (sulfide) groups is 1. The average Bonchev–Trinajstić information content (AvgIpc) is 3.56. The van der Waals surface area contributed by atoms with Crippen LogP contribution in [0.3, 0.4) is 0 Å². The molecule has 1 N–H and O–H groups in total. The Morgan fingerprint density at radius 3 is 2.78 bits per heavy atom. The first-order chi connectivity index (χ1) is 15.6. The highest BCUT2D eigenvalue weighted by Gasteiger charge is 2.22. The highest BCUT2D eigenvalue weighted by molar-refractivity contribution is 7.99. The van der Waals surface area contributed by atoms with Crippen LogP contribution in [0.15, 0.2) is 57.8 Å². The Hall–Kier alpha value is -2.91.